The van der Waals surface area contributed by atoms with Crippen molar-refractivity contribution in [1.82, 2.24) is 4.98 Å². The van der Waals surface area contributed by atoms with Crippen molar-refractivity contribution in [1.29, 1.82) is 0 Å². The molecule has 0 aliphatic rings. The molecule has 1 N–H and O–H groups in total. The third-order valence-electron chi connectivity index (χ3n) is 2.50. The molecule has 1 amide bonds. The number of hydrogen-bond acceptors (Lipinski definition) is 2. The third-order valence-corrected chi connectivity index (χ3v) is 3.00. The second kappa shape index (κ2) is 5.80. The Morgan fingerprint density at radius 1 is 1.19 bits per heavy atom. The molecule has 2 aromatic rings. The molecule has 0 bridgehead atoms. The van der Waals surface area contributed by atoms with Crippen LogP contribution in [-0.4, -0.2) is 10.9 Å². The van der Waals surface area contributed by atoms with Crippen molar-refractivity contribution in [3.63, 3.8) is 0 Å². The Labute approximate surface area is 125 Å². The van der Waals surface area contributed by atoms with E-state index < -0.39 is 29.0 Å². The average molecular weight is 363 g/mol. The van der Waals surface area contributed by atoms with Gasteiger partial charge in [-0.05, 0) is 30.3 Å². The van der Waals surface area contributed by atoms with Crippen LogP contribution in [-0.2, 0) is 6.18 Å². The van der Waals surface area contributed by atoms with Crippen molar-refractivity contribution >= 4 is 27.7 Å². The zero-order valence-electron chi connectivity index (χ0n) is 10.2. The summed E-state index contributed by atoms with van der Waals surface area (Å²) in [6, 6.07) is 4.67. The van der Waals surface area contributed by atoms with Crippen LogP contribution in [0.3, 0.4) is 0 Å². The highest BCUT2D eigenvalue weighted by atomic mass is 79.9. The first kappa shape index (κ1) is 15.4. The van der Waals surface area contributed by atoms with E-state index in [1.807, 2.05) is 0 Å². The van der Waals surface area contributed by atoms with Crippen molar-refractivity contribution in [2.75, 3.05) is 5.32 Å². The lowest BCUT2D eigenvalue weighted by Gasteiger charge is -2.10. The maximum absolute atomic E-state index is 13.5. The number of halogens is 5. The molecule has 1 aromatic carbocycles. The smallest absolute Gasteiger partial charge is 0.306 e. The number of benzene rings is 1. The van der Waals surface area contributed by atoms with Gasteiger partial charge in [-0.3, -0.25) is 4.79 Å². The molecule has 0 unspecified atom stereocenters. The average Bonchev–Trinajstić information content (AvgIpc) is 2.37. The highest BCUT2D eigenvalue weighted by Crippen LogP contribution is 2.30. The molecule has 21 heavy (non-hydrogen) atoms. The number of nitrogens with one attached hydrogen (secondary N) is 1. The Hall–Kier alpha value is -1.96. The number of carbonyl (C=O) groups excluding carboxylic acids is 1. The van der Waals surface area contributed by atoms with E-state index >= 15 is 0 Å². The van der Waals surface area contributed by atoms with Gasteiger partial charge in [-0.2, -0.15) is 13.2 Å². The minimum Gasteiger partial charge on any atom is -0.306 e. The van der Waals surface area contributed by atoms with Gasteiger partial charge in [-0.1, -0.05) is 15.9 Å². The number of nitrogens with zero attached hydrogens (tertiary/aromatic N) is 1. The number of carbonyl (C=O) groups is 1. The zero-order valence-corrected chi connectivity index (χ0v) is 11.8. The van der Waals surface area contributed by atoms with Gasteiger partial charge in [0.25, 0.3) is 5.91 Å². The number of rotatable bonds is 2. The molecule has 0 spiro atoms. The van der Waals surface area contributed by atoms with Gasteiger partial charge in [-0.15, -0.1) is 0 Å². The number of anilines is 1. The van der Waals surface area contributed by atoms with Crippen molar-refractivity contribution in [2.24, 2.45) is 0 Å². The molecule has 0 saturated carbocycles. The molecular formula is C13H7BrF4N2O. The van der Waals surface area contributed by atoms with Gasteiger partial charge in [0.15, 0.2) is 0 Å². The molecular weight excluding hydrogens is 356 g/mol. The SMILES string of the molecule is O=C(Nc1cc(Br)ccn1)c1cc(C(F)(F)F)ccc1F. The lowest BCUT2D eigenvalue weighted by molar-refractivity contribution is -0.137. The quantitative estimate of drug-likeness (QED) is 0.811. The molecule has 110 valence electrons. The second-order valence-corrected chi connectivity index (χ2v) is 4.92. The van der Waals surface area contributed by atoms with Crippen LogP contribution in [0.5, 0.6) is 0 Å². The van der Waals surface area contributed by atoms with Gasteiger partial charge in [0.1, 0.15) is 11.6 Å². The fraction of sp³-hybridized carbons (Fsp3) is 0.0769. The molecule has 0 aliphatic carbocycles. The lowest BCUT2D eigenvalue weighted by atomic mass is 10.1. The van der Waals surface area contributed by atoms with E-state index in [-0.39, 0.29) is 5.82 Å². The minimum absolute atomic E-state index is 0.0891. The molecule has 0 saturated heterocycles. The third kappa shape index (κ3) is 3.78. The summed E-state index contributed by atoms with van der Waals surface area (Å²) in [6.07, 6.45) is -3.28. The van der Waals surface area contributed by atoms with E-state index in [0.29, 0.717) is 22.7 Å². The van der Waals surface area contributed by atoms with Crippen LogP contribution in [0.1, 0.15) is 15.9 Å². The molecule has 8 heteroatoms. The van der Waals surface area contributed by atoms with Crippen molar-refractivity contribution in [3.05, 3.63) is 57.9 Å². The van der Waals surface area contributed by atoms with Gasteiger partial charge >= 0.3 is 6.18 Å². The van der Waals surface area contributed by atoms with Crippen molar-refractivity contribution in [2.45, 2.75) is 6.18 Å². The number of aromatic nitrogens is 1. The molecule has 0 atom stereocenters. The Kier molecular flexibility index (Phi) is 4.26. The van der Waals surface area contributed by atoms with E-state index in [9.17, 15) is 22.4 Å². The molecule has 3 nitrogen and oxygen atoms in total. The highest BCUT2D eigenvalue weighted by Gasteiger charge is 2.32. The van der Waals surface area contributed by atoms with E-state index in [2.05, 4.69) is 26.2 Å². The molecule has 0 radical (unpaired) electrons. The highest BCUT2D eigenvalue weighted by molar-refractivity contribution is 9.10. The van der Waals surface area contributed by atoms with Crippen LogP contribution in [0.15, 0.2) is 41.0 Å². The Morgan fingerprint density at radius 3 is 2.52 bits per heavy atom. The van der Waals surface area contributed by atoms with Gasteiger partial charge in [0, 0.05) is 10.7 Å². The number of amides is 1. The predicted octanol–water partition coefficient (Wildman–Crippen LogP) is 4.25. The standard InChI is InChI=1S/C13H7BrF4N2O/c14-8-3-4-19-11(6-8)20-12(21)9-5-7(13(16,17)18)1-2-10(9)15/h1-6H,(H,19,20,21). The van der Waals surface area contributed by atoms with E-state index in [0.717, 1.165) is 0 Å². The fourth-order valence-corrected chi connectivity index (χ4v) is 1.87. The van der Waals surface area contributed by atoms with Crippen LogP contribution >= 0.6 is 15.9 Å². The number of pyridine rings is 1. The van der Waals surface area contributed by atoms with Crippen molar-refractivity contribution < 1.29 is 22.4 Å². The summed E-state index contributed by atoms with van der Waals surface area (Å²) in [7, 11) is 0. The Morgan fingerprint density at radius 2 is 1.90 bits per heavy atom. The van der Waals surface area contributed by atoms with Gasteiger partial charge in [0.05, 0.1) is 11.1 Å². The monoisotopic (exact) mass is 362 g/mol. The molecule has 1 aromatic heterocycles. The Bertz CT molecular complexity index is 688. The summed E-state index contributed by atoms with van der Waals surface area (Å²) in [5, 5.41) is 2.23. The maximum Gasteiger partial charge on any atom is 0.416 e. The van der Waals surface area contributed by atoms with Gasteiger partial charge < -0.3 is 5.32 Å². The van der Waals surface area contributed by atoms with Crippen LogP contribution in [0.2, 0.25) is 0 Å². The number of hydrogen-bond donors (Lipinski definition) is 1. The summed E-state index contributed by atoms with van der Waals surface area (Å²) >= 11 is 3.15. The van der Waals surface area contributed by atoms with Crippen LogP contribution in [0.4, 0.5) is 23.4 Å². The van der Waals surface area contributed by atoms with E-state index in [1.54, 1.807) is 6.07 Å². The molecule has 0 aliphatic heterocycles. The van der Waals surface area contributed by atoms with Crippen LogP contribution < -0.4 is 5.32 Å². The van der Waals surface area contributed by atoms with E-state index in [4.69, 9.17) is 0 Å². The van der Waals surface area contributed by atoms with Gasteiger partial charge in [0.2, 0.25) is 0 Å². The minimum atomic E-state index is -4.66. The molecule has 2 rings (SSSR count). The summed E-state index contributed by atoms with van der Waals surface area (Å²) in [5.74, 6) is -1.97. The second-order valence-electron chi connectivity index (χ2n) is 4.01. The largest absolute Gasteiger partial charge is 0.416 e. The zero-order chi connectivity index (χ0) is 15.6. The summed E-state index contributed by atoms with van der Waals surface area (Å²) in [6.45, 7) is 0. The predicted molar refractivity (Wildman–Crippen MR) is 71.3 cm³/mol. The first-order valence-electron chi connectivity index (χ1n) is 5.57. The van der Waals surface area contributed by atoms with Crippen LogP contribution in [0.25, 0.3) is 0 Å². The summed E-state index contributed by atoms with van der Waals surface area (Å²) < 4.78 is 51.9. The molecule has 1 heterocycles. The lowest BCUT2D eigenvalue weighted by Crippen LogP contribution is -2.16. The topological polar surface area (TPSA) is 42.0 Å². The number of alkyl halides is 3. The fourth-order valence-electron chi connectivity index (χ4n) is 1.53. The first-order chi connectivity index (χ1) is 9.77. The maximum atomic E-state index is 13.5. The van der Waals surface area contributed by atoms with Gasteiger partial charge in [-0.25, -0.2) is 9.37 Å². The van der Waals surface area contributed by atoms with Crippen molar-refractivity contribution in [3.8, 4) is 0 Å². The Balaban J connectivity index is 2.31. The summed E-state index contributed by atoms with van der Waals surface area (Å²) in [5.41, 5.74) is -1.80. The summed E-state index contributed by atoms with van der Waals surface area (Å²) in [4.78, 5) is 15.7. The van der Waals surface area contributed by atoms with Crippen LogP contribution in [0, 0.1) is 5.82 Å². The van der Waals surface area contributed by atoms with E-state index in [1.165, 1.54) is 12.3 Å². The normalized spacial score (nSPS) is 11.3. The first-order valence-corrected chi connectivity index (χ1v) is 6.36. The molecule has 0 fully saturated rings.